The van der Waals surface area contributed by atoms with Gasteiger partial charge in [0.1, 0.15) is 11.5 Å². The van der Waals surface area contributed by atoms with Gasteiger partial charge in [0.15, 0.2) is 5.71 Å². The Labute approximate surface area is 242 Å². The first-order valence-corrected chi connectivity index (χ1v) is 16.1. The highest BCUT2D eigenvalue weighted by Crippen LogP contribution is 2.25. The molecule has 0 amide bonds. The molecule has 0 aliphatic heterocycles. The average molecular weight is 641 g/mol. The molecule has 16 heteroatoms. The van der Waals surface area contributed by atoms with Crippen molar-refractivity contribution < 1.29 is 52.4 Å². The summed E-state index contributed by atoms with van der Waals surface area (Å²) >= 11 is 0. The van der Waals surface area contributed by atoms with Crippen LogP contribution in [0, 0.1) is 0 Å². The van der Waals surface area contributed by atoms with Crippen LogP contribution in [0.25, 0.3) is 0 Å². The van der Waals surface area contributed by atoms with Gasteiger partial charge in [-0.2, -0.15) is 34.4 Å². The van der Waals surface area contributed by atoms with E-state index in [0.717, 1.165) is 12.1 Å². The van der Waals surface area contributed by atoms with Crippen molar-refractivity contribution in [2.24, 2.45) is 10.3 Å². The molecule has 2 aromatic carbocycles. The van der Waals surface area contributed by atoms with E-state index in [1.165, 1.54) is 36.4 Å². The van der Waals surface area contributed by atoms with Gasteiger partial charge in [-0.05, 0) is 66.5 Å². The quantitative estimate of drug-likeness (QED) is 0.0875. The molecule has 0 saturated carbocycles. The molecule has 0 radical (unpaired) electrons. The van der Waals surface area contributed by atoms with Gasteiger partial charge in [0.2, 0.25) is 0 Å². The highest BCUT2D eigenvalue weighted by atomic mass is 32.2. The van der Waals surface area contributed by atoms with E-state index in [2.05, 4.69) is 18.9 Å². The summed E-state index contributed by atoms with van der Waals surface area (Å²) in [7, 11) is -8.19. The number of rotatable bonds is 18. The molecule has 0 spiro atoms. The molecule has 0 aliphatic rings. The predicted octanol–water partition coefficient (Wildman–Crippen LogP) is 5.73. The average Bonchev–Trinajstić information content (AvgIpc) is 2.94. The standard InChI is InChI=1S/C26H32F4N2O8S2/c1-3-5-18-41(33,34)39-31-24(26(28,29)30)20-8-12-22(13-9-20)37-16-7-17-38-23-14-10-21(11-15-23)25(27)32-40-42(35,36)19-6-4-2/h8-15H,3-7,16-19H2,1-2H3. The largest absolute Gasteiger partial charge is 0.493 e. The van der Waals surface area contributed by atoms with Crippen molar-refractivity contribution in [2.75, 3.05) is 24.7 Å². The lowest BCUT2D eigenvalue weighted by Gasteiger charge is -2.12. The number of oxime groups is 2. The van der Waals surface area contributed by atoms with Crippen LogP contribution in [-0.2, 0) is 28.8 Å². The van der Waals surface area contributed by atoms with Crippen LogP contribution in [-0.4, -0.2) is 59.4 Å². The Balaban J connectivity index is 1.84. The number of halogens is 4. The minimum absolute atomic E-state index is 0.0109. The van der Waals surface area contributed by atoms with Gasteiger partial charge in [-0.1, -0.05) is 31.8 Å². The Bertz CT molecular complexity index is 1400. The molecule has 0 N–H and O–H groups in total. The molecule has 0 aromatic heterocycles. The fourth-order valence-electron chi connectivity index (χ4n) is 3.06. The van der Waals surface area contributed by atoms with E-state index < -0.39 is 49.4 Å². The highest BCUT2D eigenvalue weighted by Gasteiger charge is 2.38. The minimum Gasteiger partial charge on any atom is -0.493 e. The molecule has 0 aliphatic carbocycles. The fraction of sp³-hybridized carbons (Fsp3) is 0.462. The van der Waals surface area contributed by atoms with Crippen LogP contribution in [0.3, 0.4) is 0 Å². The molecule has 234 valence electrons. The smallest absolute Gasteiger partial charge is 0.437 e. The number of nitrogens with zero attached hydrogens (tertiary/aromatic N) is 2. The van der Waals surface area contributed by atoms with E-state index >= 15 is 0 Å². The number of hydrogen-bond donors (Lipinski definition) is 0. The first-order valence-electron chi connectivity index (χ1n) is 12.9. The molecule has 0 atom stereocenters. The van der Waals surface area contributed by atoms with E-state index in [0.29, 0.717) is 31.4 Å². The van der Waals surface area contributed by atoms with Crippen LogP contribution in [0.2, 0.25) is 0 Å². The molecule has 0 saturated heterocycles. The summed E-state index contributed by atoms with van der Waals surface area (Å²) in [6, 6.07) is 10.3. The maximum absolute atomic E-state index is 14.1. The summed E-state index contributed by atoms with van der Waals surface area (Å²) in [4.78, 5) is 0. The predicted molar refractivity (Wildman–Crippen MR) is 148 cm³/mol. The van der Waals surface area contributed by atoms with E-state index in [-0.39, 0.29) is 36.7 Å². The van der Waals surface area contributed by atoms with Gasteiger partial charge in [0, 0.05) is 17.5 Å². The molecule has 42 heavy (non-hydrogen) atoms. The fourth-order valence-corrected chi connectivity index (χ4v) is 4.86. The zero-order valence-electron chi connectivity index (χ0n) is 23.0. The lowest BCUT2D eigenvalue weighted by molar-refractivity contribution is -0.0597. The van der Waals surface area contributed by atoms with Gasteiger partial charge in [-0.3, -0.25) is 8.57 Å². The minimum atomic E-state index is -4.96. The Morgan fingerprint density at radius 3 is 1.55 bits per heavy atom. The number of ether oxygens (including phenoxy) is 2. The summed E-state index contributed by atoms with van der Waals surface area (Å²) in [6.45, 7) is 3.88. The van der Waals surface area contributed by atoms with Gasteiger partial charge < -0.3 is 9.47 Å². The van der Waals surface area contributed by atoms with E-state index in [9.17, 15) is 34.4 Å². The molecule has 0 heterocycles. The molecule has 2 rings (SSSR count). The molecular weight excluding hydrogens is 608 g/mol. The molecule has 10 nitrogen and oxygen atoms in total. The van der Waals surface area contributed by atoms with Crippen molar-refractivity contribution in [3.63, 3.8) is 0 Å². The van der Waals surface area contributed by atoms with Gasteiger partial charge in [-0.25, -0.2) is 0 Å². The van der Waals surface area contributed by atoms with Crippen molar-refractivity contribution in [2.45, 2.75) is 52.1 Å². The Morgan fingerprint density at radius 2 is 1.12 bits per heavy atom. The van der Waals surface area contributed by atoms with Crippen molar-refractivity contribution >= 4 is 31.9 Å². The van der Waals surface area contributed by atoms with Crippen LogP contribution in [0.15, 0.2) is 58.8 Å². The summed E-state index contributed by atoms with van der Waals surface area (Å²) in [5, 5.41) is 5.90. The van der Waals surface area contributed by atoms with E-state index in [4.69, 9.17) is 9.47 Å². The second-order valence-electron chi connectivity index (χ2n) is 8.80. The third-order valence-corrected chi connectivity index (χ3v) is 7.46. The van der Waals surface area contributed by atoms with Crippen LogP contribution >= 0.6 is 0 Å². The molecule has 0 fully saturated rings. The lowest BCUT2D eigenvalue weighted by Crippen LogP contribution is -2.25. The van der Waals surface area contributed by atoms with Crippen LogP contribution in [0.5, 0.6) is 11.5 Å². The normalized spacial score (nSPS) is 13.1. The molecular formula is C26H32F4N2O8S2. The summed E-state index contributed by atoms with van der Waals surface area (Å²) in [5.41, 5.74) is -1.91. The maximum atomic E-state index is 14.1. The monoisotopic (exact) mass is 640 g/mol. The van der Waals surface area contributed by atoms with Crippen LogP contribution in [0.4, 0.5) is 17.6 Å². The lowest BCUT2D eigenvalue weighted by atomic mass is 10.1. The number of hydrogen-bond acceptors (Lipinski definition) is 10. The van der Waals surface area contributed by atoms with Gasteiger partial charge in [0.25, 0.3) is 5.97 Å². The number of unbranched alkanes of at least 4 members (excludes halogenated alkanes) is 2. The molecule has 0 bridgehead atoms. The SMILES string of the molecule is CCCCS(=O)(=O)ON=C(F)c1ccc(OCCCOc2ccc(C(=NOS(=O)(=O)CCCC)C(F)(F)F)cc2)cc1. The second-order valence-corrected chi connectivity index (χ2v) is 12.1. The number of benzene rings is 2. The van der Waals surface area contributed by atoms with Crippen molar-refractivity contribution in [3.8, 4) is 11.5 Å². The van der Waals surface area contributed by atoms with E-state index in [1.807, 2.05) is 0 Å². The third kappa shape index (κ3) is 12.6. The summed E-state index contributed by atoms with van der Waals surface area (Å²) in [5.74, 6) is -1.17. The Kier molecular flexibility index (Phi) is 13.5. The van der Waals surface area contributed by atoms with Crippen LogP contribution < -0.4 is 9.47 Å². The zero-order chi connectivity index (χ0) is 31.2. The highest BCUT2D eigenvalue weighted by molar-refractivity contribution is 7.86. The van der Waals surface area contributed by atoms with Crippen molar-refractivity contribution in [1.29, 1.82) is 0 Å². The first kappa shape index (κ1) is 34.8. The van der Waals surface area contributed by atoms with Crippen molar-refractivity contribution in [3.05, 3.63) is 59.7 Å². The summed E-state index contributed by atoms with van der Waals surface area (Å²) in [6.07, 6.45) is -2.83. The van der Waals surface area contributed by atoms with E-state index in [1.54, 1.807) is 13.8 Å². The Hall–Kier alpha value is -3.40. The van der Waals surface area contributed by atoms with Crippen LogP contribution in [0.1, 0.15) is 57.1 Å². The Morgan fingerprint density at radius 1 is 0.690 bits per heavy atom. The molecule has 2 aromatic rings. The van der Waals surface area contributed by atoms with Gasteiger partial charge >= 0.3 is 26.4 Å². The first-order chi connectivity index (χ1) is 19.8. The molecule has 0 unspecified atom stereocenters. The van der Waals surface area contributed by atoms with Gasteiger partial charge in [-0.15, -0.1) is 0 Å². The number of alkyl halides is 3. The van der Waals surface area contributed by atoms with Crippen molar-refractivity contribution in [1.82, 2.24) is 0 Å². The van der Waals surface area contributed by atoms with Gasteiger partial charge in [0.05, 0.1) is 24.7 Å². The topological polar surface area (TPSA) is 130 Å². The summed E-state index contributed by atoms with van der Waals surface area (Å²) < 4.78 is 121. The second kappa shape index (κ2) is 16.3. The zero-order valence-corrected chi connectivity index (χ0v) is 24.6. The maximum Gasteiger partial charge on any atom is 0.437 e. The third-order valence-electron chi connectivity index (χ3n) is 5.28.